The number of carboxylic acid groups (broad SMARTS) is 1. The van der Waals surface area contributed by atoms with Gasteiger partial charge in [0.05, 0.1) is 17.2 Å². The van der Waals surface area contributed by atoms with E-state index in [1.54, 1.807) is 38.1 Å². The van der Waals surface area contributed by atoms with Gasteiger partial charge in [0, 0.05) is 0 Å². The number of carbonyl (C=O) groups excluding carboxylic acids is 3. The molecular weight excluding hydrogens is 468 g/mol. The molecule has 3 amide bonds. The summed E-state index contributed by atoms with van der Waals surface area (Å²) in [6.45, 7) is 3.47. The van der Waals surface area contributed by atoms with Gasteiger partial charge in [0.1, 0.15) is 12.1 Å². The zero-order valence-corrected chi connectivity index (χ0v) is 20.4. The fraction of sp³-hybridized carbons (Fsp3) is 0.200. The van der Waals surface area contributed by atoms with E-state index in [1.807, 2.05) is 66.7 Å². The Morgan fingerprint density at radius 2 is 1.24 bits per heavy atom. The number of carboxylic acids is 1. The summed E-state index contributed by atoms with van der Waals surface area (Å²) in [4.78, 5) is 54.8. The molecule has 2 aliphatic heterocycles. The Bertz CT molecular complexity index is 1340. The first kappa shape index (κ1) is 24.2. The van der Waals surface area contributed by atoms with Gasteiger partial charge in [-0.05, 0) is 34.8 Å². The van der Waals surface area contributed by atoms with Crippen LogP contribution in [-0.4, -0.2) is 56.7 Å². The molecule has 3 atom stereocenters. The van der Waals surface area contributed by atoms with Crippen LogP contribution in [0, 0.1) is 5.92 Å². The van der Waals surface area contributed by atoms with Crippen LogP contribution < -0.4 is 0 Å². The van der Waals surface area contributed by atoms with E-state index >= 15 is 0 Å². The van der Waals surface area contributed by atoms with Gasteiger partial charge >= 0.3 is 5.97 Å². The van der Waals surface area contributed by atoms with E-state index in [0.717, 1.165) is 21.6 Å². The normalized spacial score (nSPS) is 19.5. The molecule has 3 aromatic rings. The van der Waals surface area contributed by atoms with E-state index in [-0.39, 0.29) is 11.1 Å². The molecule has 37 heavy (non-hydrogen) atoms. The molecule has 0 bridgehead atoms. The zero-order chi connectivity index (χ0) is 26.3. The van der Waals surface area contributed by atoms with Crippen molar-refractivity contribution in [3.8, 4) is 0 Å². The van der Waals surface area contributed by atoms with Crippen molar-refractivity contribution in [2.45, 2.75) is 32.0 Å². The standard InChI is InChI=1S/C30H26N2O5/c1-18(2)25(30(36)37)31-24(17-23(19-11-5-3-6-12-19)20-13-7-4-8-14-20)26(29(31)35)32-27(33)21-15-9-10-16-22(21)28(32)34/h3-18,24-26H,1-2H3,(H,36,37)/t24-,25-,26+/m0/s1. The highest BCUT2D eigenvalue weighted by Crippen LogP contribution is 2.38. The minimum Gasteiger partial charge on any atom is -0.480 e. The summed E-state index contributed by atoms with van der Waals surface area (Å²) in [5, 5.41) is 10.0. The largest absolute Gasteiger partial charge is 0.480 e. The monoisotopic (exact) mass is 494 g/mol. The lowest BCUT2D eigenvalue weighted by atomic mass is 9.84. The molecular formula is C30H26N2O5. The summed E-state index contributed by atoms with van der Waals surface area (Å²) in [5.41, 5.74) is 2.99. The third-order valence-corrected chi connectivity index (χ3v) is 6.95. The highest BCUT2D eigenvalue weighted by molar-refractivity contribution is 6.23. The molecule has 0 aromatic heterocycles. The number of β-lactam (4-membered cyclic amide) rings is 1. The number of nitrogens with zero attached hydrogens (tertiary/aromatic N) is 2. The van der Waals surface area contributed by atoms with Crippen LogP contribution in [0.2, 0.25) is 0 Å². The van der Waals surface area contributed by atoms with Gasteiger partial charge in [-0.15, -0.1) is 0 Å². The van der Waals surface area contributed by atoms with Crippen LogP contribution in [0.5, 0.6) is 0 Å². The van der Waals surface area contributed by atoms with Gasteiger partial charge in [-0.1, -0.05) is 92.7 Å². The first-order valence-corrected chi connectivity index (χ1v) is 12.2. The molecule has 5 rings (SSSR count). The van der Waals surface area contributed by atoms with Crippen molar-refractivity contribution >= 4 is 29.3 Å². The zero-order valence-electron chi connectivity index (χ0n) is 20.4. The lowest BCUT2D eigenvalue weighted by Gasteiger charge is -2.51. The van der Waals surface area contributed by atoms with E-state index in [4.69, 9.17) is 0 Å². The lowest BCUT2D eigenvalue weighted by Crippen LogP contribution is -2.74. The van der Waals surface area contributed by atoms with Gasteiger partial charge in [0.25, 0.3) is 11.8 Å². The van der Waals surface area contributed by atoms with Crippen LogP contribution in [0.1, 0.15) is 45.7 Å². The Morgan fingerprint density at radius 3 is 1.68 bits per heavy atom. The third-order valence-electron chi connectivity index (χ3n) is 6.95. The maximum absolute atomic E-state index is 13.6. The van der Waals surface area contributed by atoms with E-state index in [9.17, 15) is 24.3 Å². The molecule has 1 fully saturated rings. The lowest BCUT2D eigenvalue weighted by molar-refractivity contribution is -0.168. The average Bonchev–Trinajstić information content (AvgIpc) is 3.15. The Balaban J connectivity index is 1.66. The number of likely N-dealkylation sites (tertiary alicyclic amines) is 1. The summed E-state index contributed by atoms with van der Waals surface area (Å²) in [6.07, 6.45) is 1.82. The van der Waals surface area contributed by atoms with Crippen LogP contribution in [-0.2, 0) is 9.59 Å². The minimum atomic E-state index is -1.14. The third kappa shape index (κ3) is 4.02. The summed E-state index contributed by atoms with van der Waals surface area (Å²) < 4.78 is 0. The second-order valence-electron chi connectivity index (χ2n) is 9.55. The molecule has 7 nitrogen and oxygen atoms in total. The Morgan fingerprint density at radius 1 is 0.784 bits per heavy atom. The van der Waals surface area contributed by atoms with Crippen molar-refractivity contribution < 1.29 is 24.3 Å². The number of hydrogen-bond acceptors (Lipinski definition) is 4. The van der Waals surface area contributed by atoms with Crippen LogP contribution in [0.15, 0.2) is 91.0 Å². The Hall–Kier alpha value is -4.52. The number of aliphatic carboxylic acids is 1. The summed E-state index contributed by atoms with van der Waals surface area (Å²) in [7, 11) is 0. The second-order valence-corrected chi connectivity index (χ2v) is 9.55. The molecule has 2 aliphatic rings. The van der Waals surface area contributed by atoms with Gasteiger partial charge in [-0.2, -0.15) is 0 Å². The van der Waals surface area contributed by atoms with E-state index in [2.05, 4.69) is 0 Å². The molecule has 0 saturated carbocycles. The first-order valence-electron chi connectivity index (χ1n) is 12.2. The SMILES string of the molecule is CC(C)[C@@H](C(=O)O)N1C(=O)[C@H](N2C(=O)c3ccccc3C2=O)[C@@H]1C=C(c1ccccc1)c1ccccc1. The summed E-state index contributed by atoms with van der Waals surface area (Å²) in [5.74, 6) is -3.18. The fourth-order valence-electron chi connectivity index (χ4n) is 5.22. The van der Waals surface area contributed by atoms with Crippen molar-refractivity contribution in [1.29, 1.82) is 0 Å². The van der Waals surface area contributed by atoms with Crippen molar-refractivity contribution in [1.82, 2.24) is 9.80 Å². The molecule has 1 saturated heterocycles. The number of imide groups is 1. The highest BCUT2D eigenvalue weighted by atomic mass is 16.4. The topological polar surface area (TPSA) is 95.0 Å². The Kier molecular flexibility index (Phi) is 6.21. The highest BCUT2D eigenvalue weighted by Gasteiger charge is 2.58. The van der Waals surface area contributed by atoms with Gasteiger partial charge in [-0.3, -0.25) is 19.3 Å². The van der Waals surface area contributed by atoms with E-state index in [0.29, 0.717) is 0 Å². The second kappa shape index (κ2) is 9.50. The van der Waals surface area contributed by atoms with Crippen LogP contribution in [0.4, 0.5) is 0 Å². The first-order chi connectivity index (χ1) is 17.8. The van der Waals surface area contributed by atoms with Gasteiger partial charge < -0.3 is 10.0 Å². The van der Waals surface area contributed by atoms with Crippen LogP contribution in [0.3, 0.4) is 0 Å². The number of benzene rings is 3. The van der Waals surface area contributed by atoms with Gasteiger partial charge in [-0.25, -0.2) is 4.79 Å². The number of carbonyl (C=O) groups is 4. The van der Waals surface area contributed by atoms with Crippen molar-refractivity contribution in [2.24, 2.45) is 5.92 Å². The summed E-state index contributed by atoms with van der Waals surface area (Å²) in [6, 6.07) is 22.5. The van der Waals surface area contributed by atoms with E-state index < -0.39 is 47.7 Å². The van der Waals surface area contributed by atoms with E-state index in [1.165, 1.54) is 4.90 Å². The van der Waals surface area contributed by atoms with Gasteiger partial charge in [0.2, 0.25) is 5.91 Å². The quantitative estimate of drug-likeness (QED) is 0.394. The Labute approximate surface area is 214 Å². The summed E-state index contributed by atoms with van der Waals surface area (Å²) >= 11 is 0. The van der Waals surface area contributed by atoms with Crippen LogP contribution >= 0.6 is 0 Å². The molecule has 0 unspecified atom stereocenters. The fourth-order valence-corrected chi connectivity index (χ4v) is 5.22. The van der Waals surface area contributed by atoms with Crippen molar-refractivity contribution in [3.63, 3.8) is 0 Å². The number of fused-ring (bicyclic) bond motifs is 1. The predicted molar refractivity (Wildman–Crippen MR) is 138 cm³/mol. The number of amides is 3. The minimum absolute atomic E-state index is 0.242. The smallest absolute Gasteiger partial charge is 0.326 e. The number of rotatable bonds is 7. The molecule has 0 aliphatic carbocycles. The molecule has 0 radical (unpaired) electrons. The maximum Gasteiger partial charge on any atom is 0.326 e. The molecule has 1 N–H and O–H groups in total. The van der Waals surface area contributed by atoms with Gasteiger partial charge in [0.15, 0.2) is 0 Å². The number of hydrogen-bond donors (Lipinski definition) is 1. The molecule has 2 heterocycles. The van der Waals surface area contributed by atoms with Crippen molar-refractivity contribution in [3.05, 3.63) is 113 Å². The molecule has 186 valence electrons. The van der Waals surface area contributed by atoms with Crippen molar-refractivity contribution in [2.75, 3.05) is 0 Å². The molecule has 0 spiro atoms. The molecule has 7 heteroatoms. The van der Waals surface area contributed by atoms with Crippen LogP contribution in [0.25, 0.3) is 5.57 Å². The maximum atomic E-state index is 13.6. The molecule has 3 aromatic carbocycles. The predicted octanol–water partition coefficient (Wildman–Crippen LogP) is 4.10. The average molecular weight is 495 g/mol.